The topological polar surface area (TPSA) is 25.8 Å². The highest BCUT2D eigenvalue weighted by molar-refractivity contribution is 4.75. The monoisotopic (exact) mass is 143 g/mol. The largest absolute Gasteiger partial charge is 0.478 e. The van der Waals surface area contributed by atoms with Gasteiger partial charge in [0.25, 0.3) is 0 Å². The van der Waals surface area contributed by atoms with E-state index in [1.165, 1.54) is 12.8 Å². The van der Waals surface area contributed by atoms with Crippen molar-refractivity contribution in [3.63, 3.8) is 0 Å². The van der Waals surface area contributed by atoms with Gasteiger partial charge in [-0.15, -0.1) is 0 Å². The number of hydrogen-bond acceptors (Lipinski definition) is 1. The summed E-state index contributed by atoms with van der Waals surface area (Å²) in [5, 5.41) is 2.02. The molecule has 0 unspecified atom stereocenters. The Balaban J connectivity index is 2.32. The zero-order chi connectivity index (χ0) is 7.45. The van der Waals surface area contributed by atoms with E-state index in [1.807, 2.05) is 5.32 Å². The minimum absolute atomic E-state index is 0.486. The van der Waals surface area contributed by atoms with Crippen LogP contribution in [0.3, 0.4) is 0 Å². The molecule has 0 aliphatic carbocycles. The molecular weight excluding hydrogens is 126 g/mol. The summed E-state index contributed by atoms with van der Waals surface area (Å²) >= 11 is 0. The summed E-state index contributed by atoms with van der Waals surface area (Å²) in [6, 6.07) is 0. The van der Waals surface area contributed by atoms with Crippen LogP contribution >= 0.6 is 0 Å². The minimum atomic E-state index is 0.486. The van der Waals surface area contributed by atoms with Gasteiger partial charge in [0, 0.05) is 18.6 Å². The smallest absolute Gasteiger partial charge is 0.0571 e. The first-order valence-electron chi connectivity index (χ1n) is 3.95. The van der Waals surface area contributed by atoms with Crippen molar-refractivity contribution in [1.29, 1.82) is 0 Å². The summed E-state index contributed by atoms with van der Waals surface area (Å²) in [7, 11) is 3.76. The lowest BCUT2D eigenvalue weighted by molar-refractivity contribution is -0.610. The fourth-order valence-corrected chi connectivity index (χ4v) is 1.42. The Kier molecular flexibility index (Phi) is 2.69. The van der Waals surface area contributed by atoms with Gasteiger partial charge in [-0.2, -0.15) is 7.05 Å². The quantitative estimate of drug-likeness (QED) is 0.547. The van der Waals surface area contributed by atoms with Crippen molar-refractivity contribution in [2.24, 2.45) is 5.41 Å². The first-order chi connectivity index (χ1) is 4.77. The standard InChI is InChI=1S/C8H17NO/c1-8(7-9-2)3-5-10-6-4-8/h2-7,9H2,1H3. The van der Waals surface area contributed by atoms with E-state index in [9.17, 15) is 0 Å². The predicted octanol–water partition coefficient (Wildman–Crippen LogP) is 0.158. The third-order valence-corrected chi connectivity index (χ3v) is 2.34. The zero-order valence-corrected chi connectivity index (χ0v) is 6.73. The molecule has 1 aliphatic heterocycles. The SMILES string of the molecule is [CH2-][NH2+]CC1(C)CCOCC1. The summed E-state index contributed by atoms with van der Waals surface area (Å²) in [6.07, 6.45) is 2.39. The van der Waals surface area contributed by atoms with Crippen molar-refractivity contribution < 1.29 is 10.1 Å². The molecule has 0 atom stereocenters. The molecule has 0 saturated carbocycles. The Hall–Kier alpha value is -0.0800. The van der Waals surface area contributed by atoms with Crippen molar-refractivity contribution in [1.82, 2.24) is 0 Å². The van der Waals surface area contributed by atoms with Gasteiger partial charge in [-0.25, -0.2) is 0 Å². The summed E-state index contributed by atoms with van der Waals surface area (Å²) < 4.78 is 5.28. The second-order valence-electron chi connectivity index (χ2n) is 3.42. The normalized spacial score (nSPS) is 24.6. The van der Waals surface area contributed by atoms with Gasteiger partial charge < -0.3 is 10.1 Å². The Bertz CT molecular complexity index is 91.9. The average Bonchev–Trinajstić information content (AvgIpc) is 1.89. The molecule has 60 valence electrons. The van der Waals surface area contributed by atoms with Crippen molar-refractivity contribution in [2.45, 2.75) is 19.8 Å². The van der Waals surface area contributed by atoms with Crippen LogP contribution in [0.4, 0.5) is 0 Å². The van der Waals surface area contributed by atoms with Crippen molar-refractivity contribution in [3.8, 4) is 0 Å². The molecule has 1 aliphatic rings. The molecule has 1 rings (SSSR count). The molecule has 2 heteroatoms. The summed E-state index contributed by atoms with van der Waals surface area (Å²) in [4.78, 5) is 0. The van der Waals surface area contributed by atoms with Crippen LogP contribution in [0.2, 0.25) is 0 Å². The third-order valence-electron chi connectivity index (χ3n) is 2.34. The van der Waals surface area contributed by atoms with E-state index in [4.69, 9.17) is 4.74 Å². The van der Waals surface area contributed by atoms with Crippen molar-refractivity contribution in [3.05, 3.63) is 7.05 Å². The highest BCUT2D eigenvalue weighted by atomic mass is 16.5. The van der Waals surface area contributed by atoms with E-state index in [2.05, 4.69) is 14.0 Å². The van der Waals surface area contributed by atoms with Gasteiger partial charge in [-0.05, 0) is 12.8 Å². The van der Waals surface area contributed by atoms with Crippen LogP contribution in [-0.2, 0) is 4.74 Å². The molecule has 0 spiro atoms. The molecule has 2 nitrogen and oxygen atoms in total. The number of quaternary nitrogens is 1. The van der Waals surface area contributed by atoms with E-state index in [0.29, 0.717) is 5.41 Å². The molecule has 1 fully saturated rings. The maximum absolute atomic E-state index is 5.28. The molecule has 0 radical (unpaired) electrons. The molecule has 0 bridgehead atoms. The van der Waals surface area contributed by atoms with Gasteiger partial charge >= 0.3 is 0 Å². The van der Waals surface area contributed by atoms with Gasteiger partial charge in [-0.3, -0.25) is 0 Å². The number of ether oxygens (including phenoxy) is 1. The van der Waals surface area contributed by atoms with Crippen LogP contribution in [0.15, 0.2) is 0 Å². The van der Waals surface area contributed by atoms with Crippen LogP contribution in [0.5, 0.6) is 0 Å². The van der Waals surface area contributed by atoms with Crippen LogP contribution in [0.1, 0.15) is 19.8 Å². The fraction of sp³-hybridized carbons (Fsp3) is 0.875. The van der Waals surface area contributed by atoms with Gasteiger partial charge in [0.15, 0.2) is 0 Å². The Morgan fingerprint density at radius 2 is 2.10 bits per heavy atom. The molecular formula is C8H17NO. The Morgan fingerprint density at radius 1 is 1.50 bits per heavy atom. The molecule has 1 heterocycles. The lowest BCUT2D eigenvalue weighted by Crippen LogP contribution is -2.80. The maximum Gasteiger partial charge on any atom is 0.0571 e. The second kappa shape index (κ2) is 3.35. The van der Waals surface area contributed by atoms with E-state index >= 15 is 0 Å². The van der Waals surface area contributed by atoms with Gasteiger partial charge in [0.05, 0.1) is 6.54 Å². The van der Waals surface area contributed by atoms with Gasteiger partial charge in [-0.1, -0.05) is 6.92 Å². The molecule has 0 aromatic rings. The first-order valence-corrected chi connectivity index (χ1v) is 3.95. The average molecular weight is 143 g/mol. The molecule has 0 aromatic heterocycles. The second-order valence-corrected chi connectivity index (χ2v) is 3.42. The zero-order valence-electron chi connectivity index (χ0n) is 6.73. The van der Waals surface area contributed by atoms with Crippen LogP contribution in [0, 0.1) is 12.5 Å². The van der Waals surface area contributed by atoms with E-state index < -0.39 is 0 Å². The highest BCUT2D eigenvalue weighted by Gasteiger charge is 2.27. The highest BCUT2D eigenvalue weighted by Crippen LogP contribution is 2.27. The van der Waals surface area contributed by atoms with Crippen LogP contribution in [0.25, 0.3) is 0 Å². The molecule has 0 aromatic carbocycles. The maximum atomic E-state index is 5.28. The summed E-state index contributed by atoms with van der Waals surface area (Å²) in [5.74, 6) is 0. The predicted molar refractivity (Wildman–Crippen MR) is 40.3 cm³/mol. The number of hydrogen-bond donors (Lipinski definition) is 1. The van der Waals surface area contributed by atoms with Crippen molar-refractivity contribution >= 4 is 0 Å². The Morgan fingerprint density at radius 3 is 2.60 bits per heavy atom. The number of nitrogens with two attached hydrogens (primary N) is 1. The summed E-state index contributed by atoms with van der Waals surface area (Å²) in [5.41, 5.74) is 0.486. The molecule has 2 N–H and O–H groups in total. The molecule has 10 heavy (non-hydrogen) atoms. The van der Waals surface area contributed by atoms with Gasteiger partial charge in [0.2, 0.25) is 0 Å². The third kappa shape index (κ3) is 1.96. The van der Waals surface area contributed by atoms with Crippen LogP contribution < -0.4 is 5.32 Å². The lowest BCUT2D eigenvalue weighted by atomic mass is 9.82. The lowest BCUT2D eigenvalue weighted by Gasteiger charge is -2.32. The fourth-order valence-electron chi connectivity index (χ4n) is 1.42. The Labute approximate surface area is 63.0 Å². The van der Waals surface area contributed by atoms with Crippen LogP contribution in [-0.4, -0.2) is 19.8 Å². The molecule has 1 saturated heterocycles. The van der Waals surface area contributed by atoms with Gasteiger partial charge in [0.1, 0.15) is 0 Å². The molecule has 0 amide bonds. The van der Waals surface area contributed by atoms with E-state index in [-0.39, 0.29) is 0 Å². The number of rotatable bonds is 2. The minimum Gasteiger partial charge on any atom is -0.478 e. The van der Waals surface area contributed by atoms with Crippen molar-refractivity contribution in [2.75, 3.05) is 19.8 Å². The van der Waals surface area contributed by atoms with E-state index in [1.54, 1.807) is 0 Å². The summed E-state index contributed by atoms with van der Waals surface area (Å²) in [6.45, 7) is 5.32. The van der Waals surface area contributed by atoms with E-state index in [0.717, 1.165) is 19.8 Å². The first kappa shape index (κ1) is 8.02.